The van der Waals surface area contributed by atoms with Gasteiger partial charge < -0.3 is 10.2 Å². The van der Waals surface area contributed by atoms with Crippen LogP contribution in [0.15, 0.2) is 36.7 Å². The molecule has 0 spiro atoms. The summed E-state index contributed by atoms with van der Waals surface area (Å²) in [5.41, 5.74) is 2.89. The average Bonchev–Trinajstić information content (AvgIpc) is 3.39. The van der Waals surface area contributed by atoms with Gasteiger partial charge in [0, 0.05) is 61.7 Å². The second kappa shape index (κ2) is 6.58. The number of halogens is 1. The number of aromatic nitrogens is 4. The Kier molecular flexibility index (Phi) is 4.01. The second-order valence-electron chi connectivity index (χ2n) is 7.54. The molecular formula is C21H21FN6O. The molecule has 5 rings (SSSR count). The summed E-state index contributed by atoms with van der Waals surface area (Å²) in [5, 5.41) is 13.0. The maximum absolute atomic E-state index is 14.3. The standard InChI is InChI=1S/C21H21FN6O/c1-26-11-13-9-14(10-17(22)19(13)24-26)23-21(29)15-5-6-18(28-7-3-4-8-28)16-12-27(2)25-20(15)16/h5-6,9-12H,3-4,7-8H2,1-2H3,(H,23,29). The fourth-order valence-electron chi connectivity index (χ4n) is 4.11. The molecule has 1 aliphatic rings. The minimum absolute atomic E-state index is 0.285. The van der Waals surface area contributed by atoms with Crippen molar-refractivity contribution in [1.29, 1.82) is 0 Å². The molecule has 4 aromatic rings. The van der Waals surface area contributed by atoms with E-state index < -0.39 is 5.82 Å². The second-order valence-corrected chi connectivity index (χ2v) is 7.54. The maximum Gasteiger partial charge on any atom is 0.257 e. The molecule has 1 N–H and O–H groups in total. The van der Waals surface area contributed by atoms with E-state index in [4.69, 9.17) is 0 Å². The lowest BCUT2D eigenvalue weighted by Gasteiger charge is -2.19. The minimum atomic E-state index is -0.467. The third kappa shape index (κ3) is 3.00. The number of fused-ring (bicyclic) bond motifs is 2. The number of carbonyl (C=O) groups is 1. The number of hydrogen-bond acceptors (Lipinski definition) is 4. The summed E-state index contributed by atoms with van der Waals surface area (Å²) >= 11 is 0. The summed E-state index contributed by atoms with van der Waals surface area (Å²) in [7, 11) is 3.58. The van der Waals surface area contributed by atoms with Crippen molar-refractivity contribution in [3.63, 3.8) is 0 Å². The van der Waals surface area contributed by atoms with E-state index in [0.717, 1.165) is 24.2 Å². The Balaban J connectivity index is 1.52. The molecule has 29 heavy (non-hydrogen) atoms. The number of rotatable bonds is 3. The van der Waals surface area contributed by atoms with Gasteiger partial charge in [-0.2, -0.15) is 10.2 Å². The lowest BCUT2D eigenvalue weighted by Crippen LogP contribution is -2.18. The summed E-state index contributed by atoms with van der Waals surface area (Å²) in [5.74, 6) is -0.782. The Bertz CT molecular complexity index is 1250. The van der Waals surface area contributed by atoms with Gasteiger partial charge in [0.1, 0.15) is 11.0 Å². The molecule has 0 bridgehead atoms. The molecule has 1 aliphatic heterocycles. The smallest absolute Gasteiger partial charge is 0.257 e. The molecule has 2 aromatic carbocycles. The Morgan fingerprint density at radius 1 is 1.03 bits per heavy atom. The highest BCUT2D eigenvalue weighted by Gasteiger charge is 2.21. The number of amides is 1. The first kappa shape index (κ1) is 17.7. The van der Waals surface area contributed by atoms with Gasteiger partial charge in [0.25, 0.3) is 5.91 Å². The maximum atomic E-state index is 14.3. The van der Waals surface area contributed by atoms with Crippen molar-refractivity contribution in [2.45, 2.75) is 12.8 Å². The van der Waals surface area contributed by atoms with Crippen molar-refractivity contribution < 1.29 is 9.18 Å². The Hall–Kier alpha value is -3.42. The van der Waals surface area contributed by atoms with Crippen LogP contribution < -0.4 is 10.2 Å². The number of hydrogen-bond donors (Lipinski definition) is 1. The first-order valence-corrected chi connectivity index (χ1v) is 9.65. The van der Waals surface area contributed by atoms with Gasteiger partial charge >= 0.3 is 0 Å². The fraction of sp³-hybridized carbons (Fsp3) is 0.286. The fourth-order valence-corrected chi connectivity index (χ4v) is 4.11. The quantitative estimate of drug-likeness (QED) is 0.580. The SMILES string of the molecule is Cn1cc2cc(NC(=O)c3ccc(N4CCCC4)c4cn(C)nc34)cc(F)c2n1. The molecule has 1 fully saturated rings. The van der Waals surface area contributed by atoms with Crippen molar-refractivity contribution in [3.05, 3.63) is 48.0 Å². The van der Waals surface area contributed by atoms with Crippen LogP contribution in [0.2, 0.25) is 0 Å². The van der Waals surface area contributed by atoms with Gasteiger partial charge in [-0.05, 0) is 37.1 Å². The van der Waals surface area contributed by atoms with Crippen molar-refractivity contribution in [3.8, 4) is 0 Å². The molecule has 8 heteroatoms. The summed E-state index contributed by atoms with van der Waals surface area (Å²) < 4.78 is 17.6. The van der Waals surface area contributed by atoms with Gasteiger partial charge in [-0.1, -0.05) is 0 Å². The molecule has 1 amide bonds. The van der Waals surface area contributed by atoms with E-state index in [1.807, 2.05) is 19.3 Å². The van der Waals surface area contributed by atoms with Crippen LogP contribution in [-0.4, -0.2) is 38.6 Å². The van der Waals surface area contributed by atoms with E-state index in [-0.39, 0.29) is 11.4 Å². The molecule has 3 heterocycles. The lowest BCUT2D eigenvalue weighted by atomic mass is 10.1. The van der Waals surface area contributed by atoms with Crippen molar-refractivity contribution in [2.24, 2.45) is 14.1 Å². The van der Waals surface area contributed by atoms with Crippen LogP contribution in [0.3, 0.4) is 0 Å². The van der Waals surface area contributed by atoms with E-state index in [1.54, 1.807) is 34.7 Å². The summed E-state index contributed by atoms with van der Waals surface area (Å²) in [4.78, 5) is 15.3. The zero-order valence-corrected chi connectivity index (χ0v) is 16.3. The highest BCUT2D eigenvalue weighted by atomic mass is 19.1. The first-order chi connectivity index (χ1) is 14.0. The number of aryl methyl sites for hydroxylation is 2. The Morgan fingerprint density at radius 3 is 2.55 bits per heavy atom. The highest BCUT2D eigenvalue weighted by molar-refractivity contribution is 6.14. The van der Waals surface area contributed by atoms with Crippen LogP contribution in [0.1, 0.15) is 23.2 Å². The molecular weight excluding hydrogens is 371 g/mol. The average molecular weight is 392 g/mol. The highest BCUT2D eigenvalue weighted by Crippen LogP contribution is 2.31. The van der Waals surface area contributed by atoms with Crippen LogP contribution in [0, 0.1) is 5.82 Å². The minimum Gasteiger partial charge on any atom is -0.371 e. The van der Waals surface area contributed by atoms with Crippen LogP contribution in [0.4, 0.5) is 15.8 Å². The van der Waals surface area contributed by atoms with Gasteiger partial charge in [-0.25, -0.2) is 4.39 Å². The van der Waals surface area contributed by atoms with E-state index >= 15 is 0 Å². The molecule has 0 atom stereocenters. The molecule has 0 saturated carbocycles. The van der Waals surface area contributed by atoms with Crippen molar-refractivity contribution in [1.82, 2.24) is 19.6 Å². The molecule has 0 radical (unpaired) electrons. The monoisotopic (exact) mass is 392 g/mol. The zero-order valence-electron chi connectivity index (χ0n) is 16.3. The summed E-state index contributed by atoms with van der Waals surface area (Å²) in [6.07, 6.45) is 6.01. The summed E-state index contributed by atoms with van der Waals surface area (Å²) in [6.45, 7) is 2.03. The van der Waals surface area contributed by atoms with E-state index in [0.29, 0.717) is 22.2 Å². The third-order valence-electron chi connectivity index (χ3n) is 5.39. The van der Waals surface area contributed by atoms with Crippen molar-refractivity contribution >= 4 is 39.1 Å². The molecule has 0 unspecified atom stereocenters. The predicted molar refractivity (Wildman–Crippen MR) is 111 cm³/mol. The Morgan fingerprint density at radius 2 is 1.76 bits per heavy atom. The van der Waals surface area contributed by atoms with Gasteiger partial charge in [0.2, 0.25) is 0 Å². The van der Waals surface area contributed by atoms with Crippen molar-refractivity contribution in [2.75, 3.05) is 23.3 Å². The predicted octanol–water partition coefficient (Wildman–Crippen LogP) is 3.45. The molecule has 1 saturated heterocycles. The van der Waals surface area contributed by atoms with Gasteiger partial charge in [-0.15, -0.1) is 0 Å². The van der Waals surface area contributed by atoms with E-state index in [2.05, 4.69) is 20.4 Å². The molecule has 2 aromatic heterocycles. The molecule has 0 aliphatic carbocycles. The number of benzene rings is 2. The van der Waals surface area contributed by atoms with Crippen LogP contribution >= 0.6 is 0 Å². The van der Waals surface area contributed by atoms with Crippen LogP contribution in [0.5, 0.6) is 0 Å². The van der Waals surface area contributed by atoms with Gasteiger partial charge in [0.05, 0.1) is 5.56 Å². The lowest BCUT2D eigenvalue weighted by molar-refractivity contribution is 0.102. The van der Waals surface area contributed by atoms with Crippen LogP contribution in [-0.2, 0) is 14.1 Å². The summed E-state index contributed by atoms with van der Waals surface area (Å²) in [6, 6.07) is 6.80. The van der Waals surface area contributed by atoms with E-state index in [1.165, 1.54) is 18.9 Å². The molecule has 7 nitrogen and oxygen atoms in total. The van der Waals surface area contributed by atoms with Crippen LogP contribution in [0.25, 0.3) is 21.8 Å². The third-order valence-corrected chi connectivity index (χ3v) is 5.39. The molecule has 148 valence electrons. The Labute approximate surface area is 166 Å². The number of carbonyl (C=O) groups excluding carboxylic acids is 1. The number of anilines is 2. The topological polar surface area (TPSA) is 68.0 Å². The largest absolute Gasteiger partial charge is 0.371 e. The zero-order chi connectivity index (χ0) is 20.1. The normalized spacial score (nSPS) is 14.2. The first-order valence-electron chi connectivity index (χ1n) is 9.65. The van der Waals surface area contributed by atoms with Gasteiger partial charge in [0.15, 0.2) is 5.82 Å². The van der Waals surface area contributed by atoms with Gasteiger partial charge in [-0.3, -0.25) is 14.2 Å². The number of nitrogens with zero attached hydrogens (tertiary/aromatic N) is 5. The number of nitrogens with one attached hydrogen (secondary N) is 1. The van der Waals surface area contributed by atoms with E-state index in [9.17, 15) is 9.18 Å².